The zero-order valence-corrected chi connectivity index (χ0v) is 12.9. The van der Waals surface area contributed by atoms with Crippen molar-refractivity contribution in [2.45, 2.75) is 26.2 Å². The van der Waals surface area contributed by atoms with Gasteiger partial charge in [-0.05, 0) is 52.3 Å². The first-order valence-corrected chi connectivity index (χ1v) is 7.69. The van der Waals surface area contributed by atoms with Gasteiger partial charge in [-0.1, -0.05) is 36.4 Å². The summed E-state index contributed by atoms with van der Waals surface area (Å²) in [6.07, 6.45) is 5.38. The van der Waals surface area contributed by atoms with Crippen LogP contribution in [0.2, 0.25) is 0 Å². The minimum atomic E-state index is 0.106. The van der Waals surface area contributed by atoms with E-state index in [1.807, 2.05) is 12.1 Å². The third-order valence-corrected chi connectivity index (χ3v) is 5.18. The van der Waals surface area contributed by atoms with Crippen LogP contribution in [0.3, 0.4) is 0 Å². The molecule has 0 saturated heterocycles. The summed E-state index contributed by atoms with van der Waals surface area (Å²) >= 11 is 0. The second-order valence-electron chi connectivity index (χ2n) is 6.52. The van der Waals surface area contributed by atoms with E-state index in [9.17, 15) is 5.21 Å². The van der Waals surface area contributed by atoms with E-state index in [1.54, 1.807) is 7.11 Å². The van der Waals surface area contributed by atoms with E-state index >= 15 is 0 Å². The number of oxime groups is 1. The molecule has 22 heavy (non-hydrogen) atoms. The number of methoxy groups -OCH3 is 1. The molecule has 1 atom stereocenters. The van der Waals surface area contributed by atoms with Crippen molar-refractivity contribution in [2.24, 2.45) is 10.6 Å². The van der Waals surface area contributed by atoms with Crippen molar-refractivity contribution in [2.75, 3.05) is 7.11 Å². The maximum Gasteiger partial charge on any atom is 0.119 e. The molecule has 112 valence electrons. The number of nitrogens with zero attached hydrogens (tertiary/aromatic N) is 1. The molecule has 0 aliphatic heterocycles. The van der Waals surface area contributed by atoms with E-state index in [4.69, 9.17) is 4.74 Å². The zero-order valence-electron chi connectivity index (χ0n) is 12.9. The van der Waals surface area contributed by atoms with Gasteiger partial charge >= 0.3 is 0 Å². The lowest BCUT2D eigenvalue weighted by Gasteiger charge is -2.35. The molecular formula is C19H19NO2. The number of hydrogen-bond donors (Lipinski definition) is 1. The number of rotatable bonds is 1. The highest BCUT2D eigenvalue weighted by Gasteiger charge is 2.40. The third kappa shape index (κ3) is 1.71. The van der Waals surface area contributed by atoms with Gasteiger partial charge in [0.2, 0.25) is 0 Å². The number of hydrogen-bond acceptors (Lipinski definition) is 3. The van der Waals surface area contributed by atoms with Gasteiger partial charge in [0.05, 0.1) is 12.8 Å². The van der Waals surface area contributed by atoms with Crippen LogP contribution in [0.4, 0.5) is 0 Å². The molecule has 1 unspecified atom stereocenters. The standard InChI is InChI=1S/C19H19NO2/c1-19-9-3-4-16(19)15-7-5-12-10-13(22-2)6-8-14(12)18(15)17(11-19)20-21/h4-8,10,21H,3,9,11H2,1-2H3. The molecule has 0 radical (unpaired) electrons. The highest BCUT2D eigenvalue weighted by molar-refractivity contribution is 6.17. The zero-order chi connectivity index (χ0) is 15.3. The Morgan fingerprint density at radius 1 is 1.23 bits per heavy atom. The largest absolute Gasteiger partial charge is 0.497 e. The first kappa shape index (κ1) is 13.4. The fourth-order valence-corrected chi connectivity index (χ4v) is 4.05. The lowest BCUT2D eigenvalue weighted by Crippen LogP contribution is -2.27. The Morgan fingerprint density at radius 2 is 2.09 bits per heavy atom. The van der Waals surface area contributed by atoms with Crippen molar-refractivity contribution in [1.82, 2.24) is 0 Å². The molecule has 0 bridgehead atoms. The topological polar surface area (TPSA) is 41.8 Å². The fourth-order valence-electron chi connectivity index (χ4n) is 4.05. The van der Waals surface area contributed by atoms with Gasteiger partial charge in [-0.15, -0.1) is 0 Å². The minimum absolute atomic E-state index is 0.106. The van der Waals surface area contributed by atoms with Crippen molar-refractivity contribution in [3.05, 3.63) is 47.5 Å². The molecule has 2 aliphatic carbocycles. The van der Waals surface area contributed by atoms with E-state index in [-0.39, 0.29) is 5.41 Å². The molecule has 0 fully saturated rings. The molecule has 0 spiro atoms. The molecule has 0 amide bonds. The molecule has 2 aromatic carbocycles. The minimum Gasteiger partial charge on any atom is -0.497 e. The molecule has 0 heterocycles. The Morgan fingerprint density at radius 3 is 2.86 bits per heavy atom. The first-order chi connectivity index (χ1) is 10.7. The quantitative estimate of drug-likeness (QED) is 0.616. The summed E-state index contributed by atoms with van der Waals surface area (Å²) in [6.45, 7) is 2.28. The summed E-state index contributed by atoms with van der Waals surface area (Å²) in [6, 6.07) is 10.4. The van der Waals surface area contributed by atoms with Gasteiger partial charge in [0, 0.05) is 12.0 Å². The van der Waals surface area contributed by atoms with Crippen LogP contribution in [0, 0.1) is 5.41 Å². The summed E-state index contributed by atoms with van der Waals surface area (Å²) in [4.78, 5) is 0. The highest BCUT2D eigenvalue weighted by atomic mass is 16.5. The normalized spacial score (nSPS) is 25.0. The summed E-state index contributed by atoms with van der Waals surface area (Å²) in [7, 11) is 1.68. The molecule has 4 rings (SSSR count). The lowest BCUT2D eigenvalue weighted by atomic mass is 9.68. The molecule has 3 heteroatoms. The van der Waals surface area contributed by atoms with E-state index in [0.717, 1.165) is 47.1 Å². The third-order valence-electron chi connectivity index (χ3n) is 5.18. The van der Waals surface area contributed by atoms with Gasteiger partial charge in [0.15, 0.2) is 0 Å². The van der Waals surface area contributed by atoms with Crippen molar-refractivity contribution in [3.63, 3.8) is 0 Å². The van der Waals surface area contributed by atoms with Gasteiger partial charge in [0.25, 0.3) is 0 Å². The average Bonchev–Trinajstić information content (AvgIpc) is 2.94. The predicted molar refractivity (Wildman–Crippen MR) is 88.8 cm³/mol. The van der Waals surface area contributed by atoms with Crippen LogP contribution in [0.15, 0.2) is 41.6 Å². The Hall–Kier alpha value is -2.29. The van der Waals surface area contributed by atoms with E-state index < -0.39 is 0 Å². The molecule has 2 aliphatic rings. The van der Waals surface area contributed by atoms with Gasteiger partial charge < -0.3 is 9.94 Å². The smallest absolute Gasteiger partial charge is 0.119 e. The van der Waals surface area contributed by atoms with E-state index in [0.29, 0.717) is 0 Å². The van der Waals surface area contributed by atoms with Gasteiger partial charge in [-0.25, -0.2) is 0 Å². The number of allylic oxidation sites excluding steroid dienone is 2. The van der Waals surface area contributed by atoms with Crippen LogP contribution in [0.5, 0.6) is 5.75 Å². The van der Waals surface area contributed by atoms with Crippen molar-refractivity contribution in [3.8, 4) is 5.75 Å². The Bertz CT molecular complexity index is 835. The lowest BCUT2D eigenvalue weighted by molar-refractivity contribution is 0.313. The molecule has 3 nitrogen and oxygen atoms in total. The number of ether oxygens (including phenoxy) is 1. The van der Waals surface area contributed by atoms with Crippen LogP contribution in [-0.2, 0) is 0 Å². The second kappa shape index (κ2) is 4.60. The maximum atomic E-state index is 9.58. The van der Waals surface area contributed by atoms with Gasteiger partial charge in [-0.2, -0.15) is 0 Å². The molecule has 0 aromatic heterocycles. The molecule has 2 aromatic rings. The van der Waals surface area contributed by atoms with Crippen molar-refractivity contribution < 1.29 is 9.94 Å². The van der Waals surface area contributed by atoms with E-state index in [2.05, 4.69) is 36.4 Å². The second-order valence-corrected chi connectivity index (χ2v) is 6.52. The predicted octanol–water partition coefficient (Wildman–Crippen LogP) is 4.61. The number of benzene rings is 2. The van der Waals surface area contributed by atoms with Crippen LogP contribution in [0.25, 0.3) is 16.3 Å². The fraction of sp³-hybridized carbons (Fsp3) is 0.316. The first-order valence-electron chi connectivity index (χ1n) is 7.69. The SMILES string of the molecule is COc1ccc2c3c(ccc2c1)C1=CCCC1(C)CC3=NO. The highest BCUT2D eigenvalue weighted by Crippen LogP contribution is 2.52. The van der Waals surface area contributed by atoms with Crippen LogP contribution >= 0.6 is 0 Å². The average molecular weight is 293 g/mol. The monoisotopic (exact) mass is 293 g/mol. The molecular weight excluding hydrogens is 274 g/mol. The van der Waals surface area contributed by atoms with Crippen molar-refractivity contribution >= 4 is 22.1 Å². The Labute approximate surface area is 129 Å². The number of fused-ring (bicyclic) bond motifs is 5. The Kier molecular flexibility index (Phi) is 2.80. The van der Waals surface area contributed by atoms with Gasteiger partial charge in [0.1, 0.15) is 5.75 Å². The molecule has 0 saturated carbocycles. The summed E-state index contributed by atoms with van der Waals surface area (Å²) < 4.78 is 5.31. The summed E-state index contributed by atoms with van der Waals surface area (Å²) in [5.41, 5.74) is 4.61. The Balaban J connectivity index is 2.04. The van der Waals surface area contributed by atoms with Crippen LogP contribution in [-0.4, -0.2) is 18.0 Å². The van der Waals surface area contributed by atoms with Crippen LogP contribution in [0.1, 0.15) is 37.3 Å². The van der Waals surface area contributed by atoms with Crippen molar-refractivity contribution in [1.29, 1.82) is 0 Å². The van der Waals surface area contributed by atoms with Gasteiger partial charge in [-0.3, -0.25) is 0 Å². The van der Waals surface area contributed by atoms with Crippen LogP contribution < -0.4 is 4.74 Å². The van der Waals surface area contributed by atoms with E-state index in [1.165, 1.54) is 11.1 Å². The molecule has 1 N–H and O–H groups in total. The maximum absolute atomic E-state index is 9.58. The summed E-state index contributed by atoms with van der Waals surface area (Å²) in [5, 5.41) is 15.5. The summed E-state index contributed by atoms with van der Waals surface area (Å²) in [5.74, 6) is 0.843.